The Morgan fingerprint density at radius 2 is 0.600 bits per heavy atom. The van der Waals surface area contributed by atoms with Gasteiger partial charge in [-0.1, -0.05) is 284 Å². The van der Waals surface area contributed by atoms with Gasteiger partial charge in [0.05, 0.1) is 26.4 Å². The molecule has 530 valence electrons. The molecular formula is C71H134O17P2. The maximum atomic E-state index is 13.0. The molecule has 0 aliphatic carbocycles. The number of allylic oxidation sites excluding steroid dienone is 4. The highest BCUT2D eigenvalue weighted by Gasteiger charge is 2.30. The van der Waals surface area contributed by atoms with E-state index in [9.17, 15) is 43.2 Å². The van der Waals surface area contributed by atoms with Gasteiger partial charge in [0, 0.05) is 25.7 Å². The first-order valence-corrected chi connectivity index (χ1v) is 39.3. The largest absolute Gasteiger partial charge is 0.472 e. The third kappa shape index (κ3) is 64.3. The van der Waals surface area contributed by atoms with Gasteiger partial charge in [-0.3, -0.25) is 37.3 Å². The zero-order valence-corrected chi connectivity index (χ0v) is 59.7. The Balaban J connectivity index is 5.20. The summed E-state index contributed by atoms with van der Waals surface area (Å²) in [6.45, 7) is 9.41. The highest BCUT2D eigenvalue weighted by atomic mass is 31.2. The lowest BCUT2D eigenvalue weighted by molar-refractivity contribution is -0.161. The Morgan fingerprint density at radius 1 is 0.344 bits per heavy atom. The summed E-state index contributed by atoms with van der Waals surface area (Å²) in [7, 11) is -9.90. The van der Waals surface area contributed by atoms with E-state index >= 15 is 0 Å². The fourth-order valence-electron chi connectivity index (χ4n) is 10.2. The molecule has 90 heavy (non-hydrogen) atoms. The van der Waals surface area contributed by atoms with Crippen LogP contribution in [0, 0.1) is 11.8 Å². The number of aliphatic hydroxyl groups is 1. The molecule has 0 heterocycles. The van der Waals surface area contributed by atoms with Crippen molar-refractivity contribution in [3.8, 4) is 0 Å². The zero-order chi connectivity index (χ0) is 66.5. The normalized spacial score (nSPS) is 14.3. The maximum absolute atomic E-state index is 13.0. The Labute approximate surface area is 548 Å². The molecule has 0 saturated heterocycles. The summed E-state index contributed by atoms with van der Waals surface area (Å²) >= 11 is 0. The molecule has 5 atom stereocenters. The van der Waals surface area contributed by atoms with Crippen LogP contribution in [0.15, 0.2) is 24.3 Å². The van der Waals surface area contributed by atoms with Crippen LogP contribution < -0.4 is 0 Å². The average molecular weight is 1320 g/mol. The van der Waals surface area contributed by atoms with Crippen LogP contribution in [0.3, 0.4) is 0 Å². The second kappa shape index (κ2) is 62.6. The summed E-state index contributed by atoms with van der Waals surface area (Å²) in [5, 5.41) is 10.6. The summed E-state index contributed by atoms with van der Waals surface area (Å²) in [4.78, 5) is 72.3. The van der Waals surface area contributed by atoms with Gasteiger partial charge in [0.2, 0.25) is 0 Å². The monoisotopic (exact) mass is 1320 g/mol. The number of ether oxygens (including phenoxy) is 4. The third-order valence-corrected chi connectivity index (χ3v) is 17.7. The fraction of sp³-hybridized carbons (Fsp3) is 0.887. The fourth-order valence-corrected chi connectivity index (χ4v) is 11.8. The van der Waals surface area contributed by atoms with Gasteiger partial charge < -0.3 is 33.8 Å². The number of rotatable bonds is 68. The third-order valence-electron chi connectivity index (χ3n) is 15.8. The van der Waals surface area contributed by atoms with Crippen LogP contribution in [-0.2, 0) is 65.4 Å². The van der Waals surface area contributed by atoms with Crippen LogP contribution in [0.4, 0.5) is 0 Å². The highest BCUT2D eigenvalue weighted by Crippen LogP contribution is 2.45. The van der Waals surface area contributed by atoms with E-state index in [4.69, 9.17) is 37.0 Å². The van der Waals surface area contributed by atoms with Crippen molar-refractivity contribution >= 4 is 39.5 Å². The van der Waals surface area contributed by atoms with Crippen LogP contribution in [0.5, 0.6) is 0 Å². The molecule has 19 heteroatoms. The van der Waals surface area contributed by atoms with E-state index < -0.39 is 97.5 Å². The molecule has 0 spiro atoms. The number of hydrogen-bond donors (Lipinski definition) is 3. The molecular weight excluding hydrogens is 1190 g/mol. The van der Waals surface area contributed by atoms with Crippen LogP contribution in [0.1, 0.15) is 337 Å². The first kappa shape index (κ1) is 87.5. The molecule has 2 unspecified atom stereocenters. The summed E-state index contributed by atoms with van der Waals surface area (Å²) in [6.07, 6.45) is 51.1. The highest BCUT2D eigenvalue weighted by molar-refractivity contribution is 7.47. The van der Waals surface area contributed by atoms with Gasteiger partial charge >= 0.3 is 39.5 Å². The van der Waals surface area contributed by atoms with Gasteiger partial charge in [-0.05, 0) is 63.2 Å². The molecule has 0 aromatic carbocycles. The lowest BCUT2D eigenvalue weighted by Crippen LogP contribution is -2.30. The minimum Gasteiger partial charge on any atom is -0.462 e. The van der Waals surface area contributed by atoms with E-state index in [1.807, 2.05) is 0 Å². The van der Waals surface area contributed by atoms with Crippen LogP contribution >= 0.6 is 15.6 Å². The van der Waals surface area contributed by atoms with Crippen molar-refractivity contribution in [2.24, 2.45) is 11.8 Å². The van der Waals surface area contributed by atoms with Gasteiger partial charge in [-0.25, -0.2) is 9.13 Å². The molecule has 17 nitrogen and oxygen atoms in total. The number of esters is 4. The second-order valence-corrected chi connectivity index (χ2v) is 28.8. The molecule has 0 bridgehead atoms. The quantitative estimate of drug-likeness (QED) is 0.0169. The predicted molar refractivity (Wildman–Crippen MR) is 363 cm³/mol. The molecule has 0 aliphatic rings. The number of hydrogen-bond acceptors (Lipinski definition) is 15. The van der Waals surface area contributed by atoms with Crippen LogP contribution in [-0.4, -0.2) is 96.7 Å². The van der Waals surface area contributed by atoms with E-state index in [2.05, 4.69) is 65.8 Å². The number of carbonyl (C=O) groups excluding carboxylic acids is 4. The van der Waals surface area contributed by atoms with Gasteiger partial charge in [0.15, 0.2) is 12.2 Å². The summed E-state index contributed by atoms with van der Waals surface area (Å²) in [6, 6.07) is 0. The van der Waals surface area contributed by atoms with E-state index in [1.165, 1.54) is 128 Å². The van der Waals surface area contributed by atoms with Crippen molar-refractivity contribution in [3.63, 3.8) is 0 Å². The number of unbranched alkanes of at least 4 members (excludes halogenated alkanes) is 35. The summed E-state index contributed by atoms with van der Waals surface area (Å²) in [5.74, 6) is -0.616. The van der Waals surface area contributed by atoms with Crippen molar-refractivity contribution in [3.05, 3.63) is 24.3 Å². The zero-order valence-electron chi connectivity index (χ0n) is 57.9. The summed E-state index contributed by atoms with van der Waals surface area (Å²) < 4.78 is 68.1. The summed E-state index contributed by atoms with van der Waals surface area (Å²) in [5.41, 5.74) is 0. The topological polar surface area (TPSA) is 237 Å². The number of phosphoric ester groups is 2. The smallest absolute Gasteiger partial charge is 0.462 e. The number of aliphatic hydroxyl groups excluding tert-OH is 1. The lowest BCUT2D eigenvalue weighted by atomic mass is 10.0. The maximum Gasteiger partial charge on any atom is 0.472 e. The first-order valence-electron chi connectivity index (χ1n) is 36.3. The van der Waals surface area contributed by atoms with Gasteiger partial charge in [0.1, 0.15) is 19.3 Å². The standard InChI is InChI=1S/C71H134O17P2/c1-7-9-11-13-14-15-16-17-18-21-26-31-36-42-48-54-69(74)82-60-67(88-71(76)55-49-43-37-32-27-22-19-20-24-29-34-40-45-51-63(3)4)62-86-90(79,80)84-58-65(72)57-83-89(77,78)85-61-66(59-81-68(73)53-47-39-12-10-8-2)87-70(75)56-50-44-38-33-28-23-25-30-35-41-46-52-64(5)6/h15-18,63-67,72H,7-14,19-62H2,1-6H3,(H,77,78)(H,79,80)/b16-15-,18-17-/t65-,66+,67+/m0/s1. The average Bonchev–Trinajstić information content (AvgIpc) is 3.28. The Bertz CT molecular complexity index is 1850. The van der Waals surface area contributed by atoms with Crippen molar-refractivity contribution in [1.82, 2.24) is 0 Å². The predicted octanol–water partition coefficient (Wildman–Crippen LogP) is 19.9. The van der Waals surface area contributed by atoms with Gasteiger partial charge in [0.25, 0.3) is 0 Å². The van der Waals surface area contributed by atoms with E-state index in [0.29, 0.717) is 25.7 Å². The van der Waals surface area contributed by atoms with Gasteiger partial charge in [-0.2, -0.15) is 0 Å². The van der Waals surface area contributed by atoms with Gasteiger partial charge in [-0.15, -0.1) is 0 Å². The molecule has 3 N–H and O–H groups in total. The first-order chi connectivity index (χ1) is 43.4. The molecule has 0 saturated carbocycles. The molecule has 0 radical (unpaired) electrons. The number of carbonyl (C=O) groups is 4. The number of phosphoric acid groups is 2. The Kier molecular flexibility index (Phi) is 60.9. The lowest BCUT2D eigenvalue weighted by Gasteiger charge is -2.21. The molecule has 0 amide bonds. The van der Waals surface area contributed by atoms with Crippen molar-refractivity contribution < 1.29 is 80.2 Å². The van der Waals surface area contributed by atoms with Crippen LogP contribution in [0.2, 0.25) is 0 Å². The molecule has 0 aromatic heterocycles. The van der Waals surface area contributed by atoms with E-state index in [1.54, 1.807) is 0 Å². The van der Waals surface area contributed by atoms with E-state index in [-0.39, 0.29) is 25.7 Å². The van der Waals surface area contributed by atoms with Crippen molar-refractivity contribution in [2.75, 3.05) is 39.6 Å². The molecule has 0 fully saturated rings. The minimum absolute atomic E-state index is 0.100. The molecule has 0 aliphatic heterocycles. The molecule has 0 rings (SSSR count). The van der Waals surface area contributed by atoms with Crippen LogP contribution in [0.25, 0.3) is 0 Å². The Morgan fingerprint density at radius 3 is 0.911 bits per heavy atom. The second-order valence-electron chi connectivity index (χ2n) is 25.9. The molecule has 0 aromatic rings. The van der Waals surface area contributed by atoms with E-state index in [0.717, 1.165) is 127 Å². The van der Waals surface area contributed by atoms with Crippen molar-refractivity contribution in [2.45, 2.75) is 355 Å². The SMILES string of the molecule is CCCCCC/C=C\C=C/CCCCCCCC(=O)OC[C@H](COP(=O)(O)OC[C@@H](O)COP(=O)(O)OC[C@@H](COC(=O)CCCCCCC)OC(=O)CCCCCCCCCCCCCC(C)C)OC(=O)CCCCCCCCCCCCCCCC(C)C. The Hall–Kier alpha value is -2.46. The van der Waals surface area contributed by atoms with Crippen molar-refractivity contribution in [1.29, 1.82) is 0 Å². The minimum atomic E-state index is -4.96.